The molecule has 0 aromatic rings. The Morgan fingerprint density at radius 2 is 2.25 bits per heavy atom. The van der Waals surface area contributed by atoms with Crippen molar-refractivity contribution < 1.29 is 0 Å². The van der Waals surface area contributed by atoms with Gasteiger partial charge in [-0.05, 0) is 13.5 Å². The molecular formula is C5H13N2O-. The summed E-state index contributed by atoms with van der Waals surface area (Å²) in [5, 5.41) is 10.9. The van der Waals surface area contributed by atoms with E-state index in [1.165, 1.54) is 7.05 Å². The van der Waals surface area contributed by atoms with Crippen molar-refractivity contribution in [3.8, 4) is 0 Å². The van der Waals surface area contributed by atoms with Gasteiger partial charge in [0.05, 0.1) is 0 Å². The number of nitrogens with one attached hydrogen (secondary N) is 1. The summed E-state index contributed by atoms with van der Waals surface area (Å²) in [6.07, 6.45) is 2.19. The van der Waals surface area contributed by atoms with Crippen LogP contribution in [0.4, 0.5) is 0 Å². The van der Waals surface area contributed by atoms with E-state index in [1.54, 1.807) is 0 Å². The van der Waals surface area contributed by atoms with Crippen LogP contribution < -0.4 is 5.43 Å². The maximum atomic E-state index is 10.1. The average Bonchev–Trinajstić information content (AvgIpc) is 1.66. The molecule has 8 heavy (non-hydrogen) atoms. The first-order valence-electron chi connectivity index (χ1n) is 2.91. The fraction of sp³-hybridized carbons (Fsp3) is 1.00. The van der Waals surface area contributed by atoms with Crippen molar-refractivity contribution in [2.24, 2.45) is 0 Å². The summed E-state index contributed by atoms with van der Waals surface area (Å²) in [5.74, 6) is 0. The topological polar surface area (TPSA) is 38.3 Å². The highest BCUT2D eigenvalue weighted by atomic mass is 16.5. The maximum absolute atomic E-state index is 10.1. The van der Waals surface area contributed by atoms with Crippen molar-refractivity contribution >= 4 is 0 Å². The minimum atomic E-state index is 0.732. The predicted molar refractivity (Wildman–Crippen MR) is 34.0 cm³/mol. The molecule has 1 N–H and O–H groups in total. The Balaban J connectivity index is 2.72. The zero-order valence-corrected chi connectivity index (χ0v) is 5.48. The first-order valence-corrected chi connectivity index (χ1v) is 2.91. The Kier molecular flexibility index (Phi) is 4.95. The molecular weight excluding hydrogens is 104 g/mol. The molecule has 3 nitrogen and oxygen atoms in total. The summed E-state index contributed by atoms with van der Waals surface area (Å²) in [6, 6.07) is 0. The van der Waals surface area contributed by atoms with E-state index in [1.807, 2.05) is 0 Å². The molecule has 0 saturated carbocycles. The summed E-state index contributed by atoms with van der Waals surface area (Å²) in [4.78, 5) is 0. The molecule has 0 aliphatic rings. The third-order valence-corrected chi connectivity index (χ3v) is 0.865. The number of hydrogen-bond donors (Lipinski definition) is 1. The van der Waals surface area contributed by atoms with E-state index >= 15 is 0 Å². The second kappa shape index (κ2) is 5.03. The molecule has 0 spiro atoms. The molecule has 0 rings (SSSR count). The number of hydrazine groups is 1. The van der Waals surface area contributed by atoms with E-state index in [0.717, 1.165) is 24.6 Å². The van der Waals surface area contributed by atoms with Crippen LogP contribution in [0.3, 0.4) is 0 Å². The number of hydroxylamine groups is 1. The quantitative estimate of drug-likeness (QED) is 0.435. The first kappa shape index (κ1) is 7.88. The molecule has 3 heteroatoms. The van der Waals surface area contributed by atoms with E-state index in [-0.39, 0.29) is 0 Å². The van der Waals surface area contributed by atoms with Gasteiger partial charge in [-0.25, -0.2) is 0 Å². The van der Waals surface area contributed by atoms with Crippen molar-refractivity contribution in [3.63, 3.8) is 0 Å². The van der Waals surface area contributed by atoms with Crippen LogP contribution in [-0.4, -0.2) is 18.8 Å². The maximum Gasteiger partial charge on any atom is 0.00921 e. The lowest BCUT2D eigenvalue weighted by Crippen LogP contribution is -2.29. The lowest BCUT2D eigenvalue weighted by Gasteiger charge is -2.22. The van der Waals surface area contributed by atoms with Crippen LogP contribution in [0.1, 0.15) is 19.8 Å². The molecule has 0 unspecified atom stereocenters. The molecule has 0 aliphatic carbocycles. The smallest absolute Gasteiger partial charge is 0.00921 e. The molecule has 0 aromatic carbocycles. The molecule has 0 saturated heterocycles. The van der Waals surface area contributed by atoms with Crippen LogP contribution in [0.5, 0.6) is 0 Å². The van der Waals surface area contributed by atoms with Crippen LogP contribution in [0, 0.1) is 5.21 Å². The van der Waals surface area contributed by atoms with Crippen molar-refractivity contribution in [1.82, 2.24) is 10.6 Å². The van der Waals surface area contributed by atoms with Crippen LogP contribution >= 0.6 is 0 Å². The molecule has 50 valence electrons. The Morgan fingerprint density at radius 1 is 1.62 bits per heavy atom. The van der Waals surface area contributed by atoms with Gasteiger partial charge in [-0.1, -0.05) is 13.3 Å². The molecule has 0 radical (unpaired) electrons. The van der Waals surface area contributed by atoms with Crippen LogP contribution in [-0.2, 0) is 0 Å². The Morgan fingerprint density at radius 3 is 2.62 bits per heavy atom. The second-order valence-corrected chi connectivity index (χ2v) is 1.76. The third-order valence-electron chi connectivity index (χ3n) is 0.865. The summed E-state index contributed by atoms with van der Waals surface area (Å²) in [6.45, 7) is 2.88. The van der Waals surface area contributed by atoms with E-state index < -0.39 is 0 Å². The largest absolute Gasteiger partial charge is 0.772 e. The van der Waals surface area contributed by atoms with Crippen molar-refractivity contribution in [1.29, 1.82) is 0 Å². The first-order chi connectivity index (χ1) is 3.77. The monoisotopic (exact) mass is 117 g/mol. The van der Waals surface area contributed by atoms with Gasteiger partial charge in [0.15, 0.2) is 0 Å². The highest BCUT2D eigenvalue weighted by Gasteiger charge is 1.79. The number of hydrogen-bond acceptors (Lipinski definition) is 3. The normalized spacial score (nSPS) is 10.5. The highest BCUT2D eigenvalue weighted by molar-refractivity contribution is 4.41. The molecule has 0 aliphatic heterocycles. The van der Waals surface area contributed by atoms with Gasteiger partial charge in [-0.2, -0.15) is 0 Å². The summed E-state index contributed by atoms with van der Waals surface area (Å²) >= 11 is 0. The fourth-order valence-corrected chi connectivity index (χ4v) is 0.413. The van der Waals surface area contributed by atoms with Crippen molar-refractivity contribution in [3.05, 3.63) is 5.21 Å². The van der Waals surface area contributed by atoms with Crippen molar-refractivity contribution in [2.75, 3.05) is 13.6 Å². The van der Waals surface area contributed by atoms with Crippen LogP contribution in [0.25, 0.3) is 0 Å². The molecule has 0 atom stereocenters. The molecule has 0 heterocycles. The zero-order chi connectivity index (χ0) is 6.41. The van der Waals surface area contributed by atoms with Crippen molar-refractivity contribution in [2.45, 2.75) is 19.8 Å². The Labute approximate surface area is 50.2 Å². The molecule has 0 amide bonds. The Bertz CT molecular complexity index is 47.7. The van der Waals surface area contributed by atoms with Gasteiger partial charge in [0, 0.05) is 6.54 Å². The van der Waals surface area contributed by atoms with Gasteiger partial charge >= 0.3 is 0 Å². The summed E-state index contributed by atoms with van der Waals surface area (Å²) in [5.41, 5.74) is 2.62. The standard InChI is InChI=1S/C5H13N2O/c1-3-4-5-6-7(2)8/h6H,3-5H2,1-2H3/q-1. The summed E-state index contributed by atoms with van der Waals surface area (Å²) in [7, 11) is 1.45. The van der Waals surface area contributed by atoms with Gasteiger partial charge in [0.25, 0.3) is 0 Å². The molecule has 0 bridgehead atoms. The van der Waals surface area contributed by atoms with E-state index in [4.69, 9.17) is 0 Å². The number of rotatable bonds is 4. The van der Waals surface area contributed by atoms with Gasteiger partial charge in [-0.3, -0.25) is 5.43 Å². The Hall–Kier alpha value is -0.120. The van der Waals surface area contributed by atoms with E-state index in [9.17, 15) is 5.21 Å². The van der Waals surface area contributed by atoms with Gasteiger partial charge < -0.3 is 10.4 Å². The second-order valence-electron chi connectivity index (χ2n) is 1.76. The van der Waals surface area contributed by atoms with Gasteiger partial charge in [0.2, 0.25) is 0 Å². The van der Waals surface area contributed by atoms with E-state index in [0.29, 0.717) is 0 Å². The highest BCUT2D eigenvalue weighted by Crippen LogP contribution is 1.81. The number of unbranched alkanes of at least 4 members (excludes halogenated alkanes) is 1. The fourth-order valence-electron chi connectivity index (χ4n) is 0.413. The zero-order valence-electron chi connectivity index (χ0n) is 5.48. The van der Waals surface area contributed by atoms with E-state index in [2.05, 4.69) is 12.3 Å². The molecule has 0 aromatic heterocycles. The van der Waals surface area contributed by atoms with Gasteiger partial charge in [0.1, 0.15) is 0 Å². The summed E-state index contributed by atoms with van der Waals surface area (Å²) < 4.78 is 0. The predicted octanol–water partition coefficient (Wildman–Crippen LogP) is 0.721. The lowest BCUT2D eigenvalue weighted by atomic mass is 10.3. The minimum absolute atomic E-state index is 0.732. The van der Waals surface area contributed by atoms with Gasteiger partial charge in [-0.15, -0.1) is 0 Å². The third kappa shape index (κ3) is 5.88. The lowest BCUT2D eigenvalue weighted by molar-refractivity contribution is 0.326. The number of nitrogens with zero attached hydrogens (tertiary/aromatic N) is 1. The molecule has 0 fully saturated rings. The SMILES string of the molecule is CCCCNN(C)[O-]. The van der Waals surface area contributed by atoms with Crippen LogP contribution in [0.15, 0.2) is 0 Å². The minimum Gasteiger partial charge on any atom is -0.772 e. The average molecular weight is 117 g/mol. The van der Waals surface area contributed by atoms with Crippen LogP contribution in [0.2, 0.25) is 0 Å².